The summed E-state index contributed by atoms with van der Waals surface area (Å²) < 4.78 is 0. The van der Waals surface area contributed by atoms with E-state index in [9.17, 15) is 4.79 Å². The number of aromatic nitrogens is 3. The van der Waals surface area contributed by atoms with Gasteiger partial charge in [0.1, 0.15) is 12.0 Å². The molecule has 0 unspecified atom stereocenters. The van der Waals surface area contributed by atoms with Crippen LogP contribution in [0.2, 0.25) is 0 Å². The van der Waals surface area contributed by atoms with Crippen LogP contribution in [0.25, 0.3) is 0 Å². The van der Waals surface area contributed by atoms with Crippen molar-refractivity contribution in [2.75, 3.05) is 20.1 Å². The van der Waals surface area contributed by atoms with Crippen molar-refractivity contribution >= 4 is 17.2 Å². The highest BCUT2D eigenvalue weighted by molar-refractivity contribution is 7.07. The molecule has 3 heterocycles. The summed E-state index contributed by atoms with van der Waals surface area (Å²) in [6.45, 7) is 3.17. The molecule has 2 aromatic heterocycles. The Bertz CT molecular complexity index is 661. The second-order valence-electron chi connectivity index (χ2n) is 6.23. The van der Waals surface area contributed by atoms with E-state index in [1.54, 1.807) is 18.4 Å². The van der Waals surface area contributed by atoms with Crippen LogP contribution in [-0.2, 0) is 13.0 Å². The van der Waals surface area contributed by atoms with Crippen molar-refractivity contribution in [1.29, 1.82) is 0 Å². The molecule has 6 nitrogen and oxygen atoms in total. The number of carbonyl (C=O) groups is 1. The molecule has 0 saturated carbocycles. The molecular formula is C17H23N5OS. The monoisotopic (exact) mass is 345 g/mol. The van der Waals surface area contributed by atoms with Crippen LogP contribution in [0.4, 0.5) is 0 Å². The van der Waals surface area contributed by atoms with E-state index in [0.717, 1.165) is 38.2 Å². The lowest BCUT2D eigenvalue weighted by Crippen LogP contribution is -2.24. The van der Waals surface area contributed by atoms with E-state index >= 15 is 0 Å². The van der Waals surface area contributed by atoms with Crippen LogP contribution in [0.15, 0.2) is 23.3 Å². The summed E-state index contributed by atoms with van der Waals surface area (Å²) in [6.07, 6.45) is 5.96. The van der Waals surface area contributed by atoms with Crippen LogP contribution in [0, 0.1) is 5.92 Å². The minimum absolute atomic E-state index is 0.158. The summed E-state index contributed by atoms with van der Waals surface area (Å²) in [6, 6.07) is 1.82. The zero-order chi connectivity index (χ0) is 16.8. The third-order valence-electron chi connectivity index (χ3n) is 4.49. The number of nitrogens with zero attached hydrogens (tertiary/aromatic N) is 4. The van der Waals surface area contributed by atoms with Gasteiger partial charge >= 0.3 is 0 Å². The van der Waals surface area contributed by atoms with Crippen LogP contribution in [0.3, 0.4) is 0 Å². The summed E-state index contributed by atoms with van der Waals surface area (Å²) in [7, 11) is 1.62. The molecule has 0 bridgehead atoms. The number of nitrogens with one attached hydrogen (secondary N) is 1. The van der Waals surface area contributed by atoms with Crippen molar-refractivity contribution < 1.29 is 4.79 Å². The van der Waals surface area contributed by atoms with Gasteiger partial charge in [-0.05, 0) is 50.8 Å². The van der Waals surface area contributed by atoms with Gasteiger partial charge in [0.2, 0.25) is 0 Å². The molecule has 1 N–H and O–H groups in total. The molecule has 1 saturated heterocycles. The van der Waals surface area contributed by atoms with Gasteiger partial charge < -0.3 is 5.32 Å². The van der Waals surface area contributed by atoms with Crippen LogP contribution in [0.1, 0.15) is 41.1 Å². The van der Waals surface area contributed by atoms with Gasteiger partial charge in [-0.25, -0.2) is 15.0 Å². The number of amides is 1. The highest BCUT2D eigenvalue weighted by atomic mass is 32.1. The summed E-state index contributed by atoms with van der Waals surface area (Å²) >= 11 is 1.66. The van der Waals surface area contributed by atoms with Gasteiger partial charge in [0.05, 0.1) is 11.2 Å². The topological polar surface area (TPSA) is 71.0 Å². The number of carbonyl (C=O) groups excluding carboxylic acids is 1. The fourth-order valence-corrected chi connectivity index (χ4v) is 3.74. The van der Waals surface area contributed by atoms with Crippen LogP contribution >= 0.6 is 11.3 Å². The number of hydrogen-bond acceptors (Lipinski definition) is 6. The fourth-order valence-electron chi connectivity index (χ4n) is 3.19. The van der Waals surface area contributed by atoms with E-state index in [-0.39, 0.29) is 5.91 Å². The van der Waals surface area contributed by atoms with E-state index in [2.05, 4.69) is 30.5 Å². The maximum Gasteiger partial charge on any atom is 0.269 e. The first kappa shape index (κ1) is 17.0. The van der Waals surface area contributed by atoms with Gasteiger partial charge in [0.15, 0.2) is 0 Å². The minimum atomic E-state index is -0.158. The van der Waals surface area contributed by atoms with Crippen molar-refractivity contribution in [1.82, 2.24) is 25.2 Å². The molecule has 0 aromatic carbocycles. The van der Waals surface area contributed by atoms with Crippen LogP contribution < -0.4 is 5.32 Å². The standard InChI is InChI=1S/C17H23N5OS/c1-18-17(23)16-8-14(19-11-20-16)7-13-3-2-5-22(6-4-13)9-15-10-24-12-21-15/h8,10-13H,2-7,9H2,1H3,(H,18,23)/t13-/m1/s1. The summed E-state index contributed by atoms with van der Waals surface area (Å²) in [5.41, 5.74) is 4.47. The smallest absolute Gasteiger partial charge is 0.269 e. The molecule has 2 aromatic rings. The van der Waals surface area contributed by atoms with Gasteiger partial charge in [0, 0.05) is 24.7 Å². The molecule has 7 heteroatoms. The summed E-state index contributed by atoms with van der Waals surface area (Å²) in [4.78, 5) is 27.0. The third-order valence-corrected chi connectivity index (χ3v) is 5.13. The number of rotatable bonds is 5. The lowest BCUT2D eigenvalue weighted by molar-refractivity contribution is 0.0958. The van der Waals surface area contributed by atoms with E-state index < -0.39 is 0 Å². The molecule has 3 rings (SSSR count). The quantitative estimate of drug-likeness (QED) is 0.899. The Labute approximate surface area is 146 Å². The Morgan fingerprint density at radius 3 is 3.00 bits per heavy atom. The Hall–Kier alpha value is -1.86. The predicted molar refractivity (Wildman–Crippen MR) is 93.9 cm³/mol. The number of likely N-dealkylation sites (tertiary alicyclic amines) is 1. The van der Waals surface area contributed by atoms with Crippen molar-refractivity contribution in [2.45, 2.75) is 32.2 Å². The summed E-state index contributed by atoms with van der Waals surface area (Å²) in [5.74, 6) is 0.451. The van der Waals surface area contributed by atoms with E-state index in [1.165, 1.54) is 24.9 Å². The zero-order valence-corrected chi connectivity index (χ0v) is 14.8. The maximum absolute atomic E-state index is 11.7. The number of thiazole rings is 1. The molecule has 1 amide bonds. The van der Waals surface area contributed by atoms with Crippen molar-refractivity contribution in [2.24, 2.45) is 5.92 Å². The molecule has 0 spiro atoms. The second-order valence-corrected chi connectivity index (χ2v) is 6.95. The Morgan fingerprint density at radius 2 is 2.21 bits per heavy atom. The van der Waals surface area contributed by atoms with Crippen molar-refractivity contribution in [3.63, 3.8) is 0 Å². The van der Waals surface area contributed by atoms with Crippen LogP contribution in [-0.4, -0.2) is 45.9 Å². The third kappa shape index (κ3) is 4.58. The van der Waals surface area contributed by atoms with Gasteiger partial charge in [-0.15, -0.1) is 11.3 Å². The van der Waals surface area contributed by atoms with E-state index in [4.69, 9.17) is 0 Å². The lowest BCUT2D eigenvalue weighted by atomic mass is 9.95. The molecule has 1 aliphatic rings. The highest BCUT2D eigenvalue weighted by Gasteiger charge is 2.19. The van der Waals surface area contributed by atoms with Crippen molar-refractivity contribution in [3.8, 4) is 0 Å². The molecule has 0 radical (unpaired) electrons. The Balaban J connectivity index is 1.55. The first-order chi connectivity index (χ1) is 11.7. The zero-order valence-electron chi connectivity index (χ0n) is 13.9. The average Bonchev–Trinajstić information content (AvgIpc) is 3.02. The van der Waals surface area contributed by atoms with Gasteiger partial charge in [0.25, 0.3) is 5.91 Å². The fraction of sp³-hybridized carbons (Fsp3) is 0.529. The molecule has 1 aliphatic heterocycles. The van der Waals surface area contributed by atoms with E-state index in [0.29, 0.717) is 11.6 Å². The Morgan fingerprint density at radius 1 is 1.29 bits per heavy atom. The minimum Gasteiger partial charge on any atom is -0.354 e. The van der Waals surface area contributed by atoms with Gasteiger partial charge in [-0.3, -0.25) is 9.69 Å². The lowest BCUT2D eigenvalue weighted by Gasteiger charge is -2.18. The Kier molecular flexibility index (Phi) is 5.87. The largest absolute Gasteiger partial charge is 0.354 e. The first-order valence-electron chi connectivity index (χ1n) is 8.37. The molecule has 128 valence electrons. The second kappa shape index (κ2) is 8.30. The highest BCUT2D eigenvalue weighted by Crippen LogP contribution is 2.22. The van der Waals surface area contributed by atoms with Gasteiger partial charge in [-0.2, -0.15) is 0 Å². The number of hydrogen-bond donors (Lipinski definition) is 1. The van der Waals surface area contributed by atoms with Crippen molar-refractivity contribution in [3.05, 3.63) is 40.4 Å². The molecule has 1 fully saturated rings. The molecular weight excluding hydrogens is 322 g/mol. The van der Waals surface area contributed by atoms with Crippen LogP contribution in [0.5, 0.6) is 0 Å². The van der Waals surface area contributed by atoms with Gasteiger partial charge in [-0.1, -0.05) is 0 Å². The average molecular weight is 345 g/mol. The van der Waals surface area contributed by atoms with E-state index in [1.807, 2.05) is 11.6 Å². The summed E-state index contributed by atoms with van der Waals surface area (Å²) in [5, 5.41) is 4.74. The normalized spacial score (nSPS) is 19.0. The maximum atomic E-state index is 11.7. The first-order valence-corrected chi connectivity index (χ1v) is 9.31. The molecule has 1 atom stereocenters. The molecule has 24 heavy (non-hydrogen) atoms. The predicted octanol–water partition coefficient (Wildman–Crippen LogP) is 2.14. The molecule has 0 aliphatic carbocycles. The SMILES string of the molecule is CNC(=O)c1cc(C[C@@H]2CCCN(Cc3cscn3)CC2)ncn1.